The number of hydrogen-bond acceptors (Lipinski definition) is 1. The molecule has 0 saturated carbocycles. The molecule has 16 heavy (non-hydrogen) atoms. The van der Waals surface area contributed by atoms with E-state index in [1.165, 1.54) is 18.4 Å². The van der Waals surface area contributed by atoms with Gasteiger partial charge in [0, 0.05) is 11.1 Å². The lowest BCUT2D eigenvalue weighted by Gasteiger charge is -2.19. The summed E-state index contributed by atoms with van der Waals surface area (Å²) >= 11 is 6.00. The highest BCUT2D eigenvalue weighted by Gasteiger charge is 2.12. The molecule has 0 aromatic heterocycles. The van der Waals surface area contributed by atoms with Gasteiger partial charge in [0.05, 0.1) is 0 Å². The van der Waals surface area contributed by atoms with Crippen molar-refractivity contribution in [3.63, 3.8) is 0 Å². The maximum Gasteiger partial charge on any atom is 0.0435 e. The van der Waals surface area contributed by atoms with Crippen LogP contribution in [-0.4, -0.2) is 0 Å². The Balaban J connectivity index is 2.72. The highest BCUT2D eigenvalue weighted by Crippen LogP contribution is 2.26. The van der Waals surface area contributed by atoms with Gasteiger partial charge in [-0.15, -0.1) is 0 Å². The minimum atomic E-state index is 0.140. The zero-order valence-corrected chi connectivity index (χ0v) is 11.2. The second-order valence-electron chi connectivity index (χ2n) is 4.53. The van der Waals surface area contributed by atoms with Gasteiger partial charge in [-0.2, -0.15) is 0 Å². The van der Waals surface area contributed by atoms with Crippen LogP contribution in [0.25, 0.3) is 0 Å². The van der Waals surface area contributed by atoms with E-state index in [0.29, 0.717) is 0 Å². The lowest BCUT2D eigenvalue weighted by atomic mass is 9.91. The van der Waals surface area contributed by atoms with E-state index in [1.54, 1.807) is 0 Å². The Hall–Kier alpha value is -0.530. The molecule has 0 heterocycles. The van der Waals surface area contributed by atoms with Crippen LogP contribution < -0.4 is 5.73 Å². The molecule has 0 amide bonds. The number of aryl methyl sites for hydroxylation is 1. The van der Waals surface area contributed by atoms with Crippen LogP contribution in [0.1, 0.15) is 50.3 Å². The smallest absolute Gasteiger partial charge is 0.0435 e. The molecule has 1 rings (SSSR count). The van der Waals surface area contributed by atoms with Crippen molar-refractivity contribution in [2.75, 3.05) is 0 Å². The number of hydrogen-bond donors (Lipinski definition) is 1. The highest BCUT2D eigenvalue weighted by atomic mass is 35.5. The van der Waals surface area contributed by atoms with Crippen molar-refractivity contribution >= 4 is 11.6 Å². The first-order chi connectivity index (χ1) is 7.58. The summed E-state index contributed by atoms with van der Waals surface area (Å²) in [6.45, 7) is 6.48. The summed E-state index contributed by atoms with van der Waals surface area (Å²) in [6.07, 6.45) is 3.47. The zero-order valence-electron chi connectivity index (χ0n) is 10.5. The van der Waals surface area contributed by atoms with Crippen LogP contribution in [0.5, 0.6) is 0 Å². The maximum atomic E-state index is 6.22. The highest BCUT2D eigenvalue weighted by molar-refractivity contribution is 6.31. The zero-order chi connectivity index (χ0) is 12.1. The molecular formula is C14H22ClN. The van der Waals surface area contributed by atoms with Crippen molar-refractivity contribution in [1.82, 2.24) is 0 Å². The van der Waals surface area contributed by atoms with E-state index in [4.69, 9.17) is 17.3 Å². The number of nitrogens with two attached hydrogens (primary N) is 1. The van der Waals surface area contributed by atoms with Gasteiger partial charge in [0.1, 0.15) is 0 Å². The van der Waals surface area contributed by atoms with Crippen LogP contribution in [0, 0.1) is 12.8 Å². The second kappa shape index (κ2) is 6.27. The monoisotopic (exact) mass is 239 g/mol. The van der Waals surface area contributed by atoms with Crippen LogP contribution in [0.15, 0.2) is 18.2 Å². The van der Waals surface area contributed by atoms with Gasteiger partial charge >= 0.3 is 0 Å². The van der Waals surface area contributed by atoms with E-state index in [-0.39, 0.29) is 6.04 Å². The van der Waals surface area contributed by atoms with Gasteiger partial charge in [-0.1, -0.05) is 50.4 Å². The average molecular weight is 240 g/mol. The Bertz CT molecular complexity index is 332. The summed E-state index contributed by atoms with van der Waals surface area (Å²) < 4.78 is 0. The quantitative estimate of drug-likeness (QED) is 0.806. The van der Waals surface area contributed by atoms with E-state index >= 15 is 0 Å². The molecule has 0 aliphatic carbocycles. The largest absolute Gasteiger partial charge is 0.324 e. The van der Waals surface area contributed by atoms with Crippen molar-refractivity contribution in [3.8, 4) is 0 Å². The number of halogens is 1. The van der Waals surface area contributed by atoms with Gasteiger partial charge in [0.25, 0.3) is 0 Å². The Morgan fingerprint density at radius 1 is 1.25 bits per heavy atom. The first kappa shape index (κ1) is 13.5. The molecule has 0 aliphatic heterocycles. The summed E-state index contributed by atoms with van der Waals surface area (Å²) in [5, 5.41) is 0.818. The number of benzene rings is 1. The fraction of sp³-hybridized carbons (Fsp3) is 0.571. The van der Waals surface area contributed by atoms with E-state index < -0.39 is 0 Å². The SMILES string of the molecule is CCC(CC)CC(N)c1ccc(Cl)c(C)c1. The van der Waals surface area contributed by atoms with E-state index in [0.717, 1.165) is 22.9 Å². The van der Waals surface area contributed by atoms with Crippen LogP contribution >= 0.6 is 11.6 Å². The van der Waals surface area contributed by atoms with Crippen molar-refractivity contribution in [1.29, 1.82) is 0 Å². The predicted octanol–water partition coefficient (Wildman–Crippen LogP) is 4.47. The third-order valence-electron chi connectivity index (χ3n) is 3.35. The third-order valence-corrected chi connectivity index (χ3v) is 3.78. The Morgan fingerprint density at radius 2 is 1.88 bits per heavy atom. The van der Waals surface area contributed by atoms with Crippen molar-refractivity contribution < 1.29 is 0 Å². The van der Waals surface area contributed by atoms with Gasteiger partial charge in [-0.25, -0.2) is 0 Å². The molecule has 1 aromatic rings. The predicted molar refractivity (Wildman–Crippen MR) is 71.8 cm³/mol. The molecule has 1 unspecified atom stereocenters. The molecule has 2 heteroatoms. The molecule has 0 fully saturated rings. The normalized spacial score (nSPS) is 13.1. The molecule has 0 radical (unpaired) electrons. The summed E-state index contributed by atoms with van der Waals surface area (Å²) in [5.41, 5.74) is 8.54. The first-order valence-corrected chi connectivity index (χ1v) is 6.47. The summed E-state index contributed by atoms with van der Waals surface area (Å²) in [7, 11) is 0. The molecule has 2 N–H and O–H groups in total. The van der Waals surface area contributed by atoms with Crippen LogP contribution in [-0.2, 0) is 0 Å². The maximum absolute atomic E-state index is 6.22. The van der Waals surface area contributed by atoms with Crippen molar-refractivity contribution in [2.45, 2.75) is 46.1 Å². The molecular weight excluding hydrogens is 218 g/mol. The summed E-state index contributed by atoms with van der Waals surface area (Å²) in [4.78, 5) is 0. The number of rotatable bonds is 5. The Morgan fingerprint density at radius 3 is 2.38 bits per heavy atom. The molecule has 1 aromatic carbocycles. The lowest BCUT2D eigenvalue weighted by Crippen LogP contribution is -2.15. The molecule has 1 atom stereocenters. The van der Waals surface area contributed by atoms with Gasteiger partial charge in [0.15, 0.2) is 0 Å². The van der Waals surface area contributed by atoms with Crippen LogP contribution in [0.3, 0.4) is 0 Å². The first-order valence-electron chi connectivity index (χ1n) is 6.10. The van der Waals surface area contributed by atoms with Crippen LogP contribution in [0.2, 0.25) is 5.02 Å². The van der Waals surface area contributed by atoms with Crippen molar-refractivity contribution in [3.05, 3.63) is 34.3 Å². The molecule has 0 saturated heterocycles. The molecule has 0 bridgehead atoms. The summed E-state index contributed by atoms with van der Waals surface area (Å²) in [5.74, 6) is 0.728. The second-order valence-corrected chi connectivity index (χ2v) is 4.94. The minimum absolute atomic E-state index is 0.140. The van der Waals surface area contributed by atoms with Crippen LogP contribution in [0.4, 0.5) is 0 Å². The molecule has 0 spiro atoms. The fourth-order valence-electron chi connectivity index (χ4n) is 2.02. The lowest BCUT2D eigenvalue weighted by molar-refractivity contribution is 0.414. The van der Waals surface area contributed by atoms with Gasteiger partial charge in [0.2, 0.25) is 0 Å². The molecule has 1 nitrogen and oxygen atoms in total. The van der Waals surface area contributed by atoms with E-state index in [9.17, 15) is 0 Å². The Labute approximate surface area is 104 Å². The van der Waals surface area contributed by atoms with Gasteiger partial charge < -0.3 is 5.73 Å². The Kier molecular flexibility index (Phi) is 5.30. The minimum Gasteiger partial charge on any atom is -0.324 e. The molecule has 0 aliphatic rings. The van der Waals surface area contributed by atoms with E-state index in [2.05, 4.69) is 19.9 Å². The topological polar surface area (TPSA) is 26.0 Å². The summed E-state index contributed by atoms with van der Waals surface area (Å²) in [6, 6.07) is 6.23. The van der Waals surface area contributed by atoms with E-state index in [1.807, 2.05) is 19.1 Å². The standard InChI is InChI=1S/C14H22ClN/c1-4-11(5-2)9-14(16)12-6-7-13(15)10(3)8-12/h6-8,11,14H,4-5,9,16H2,1-3H3. The average Bonchev–Trinajstić information content (AvgIpc) is 2.29. The van der Waals surface area contributed by atoms with Gasteiger partial charge in [-0.3, -0.25) is 0 Å². The third kappa shape index (κ3) is 3.50. The van der Waals surface area contributed by atoms with Gasteiger partial charge in [-0.05, 0) is 36.5 Å². The fourth-order valence-corrected chi connectivity index (χ4v) is 2.13. The molecule has 90 valence electrons. The van der Waals surface area contributed by atoms with Crippen molar-refractivity contribution in [2.24, 2.45) is 11.7 Å².